The van der Waals surface area contributed by atoms with E-state index in [4.69, 9.17) is 0 Å². The van der Waals surface area contributed by atoms with Crippen LogP contribution in [0.1, 0.15) is 5.56 Å². The maximum Gasteiger partial charge on any atom is 0.0497 e. The number of anilines is 2. The molecule has 0 amide bonds. The predicted octanol–water partition coefficient (Wildman–Crippen LogP) is 5.27. The first kappa shape index (κ1) is 14.7. The molecule has 0 bridgehead atoms. The van der Waals surface area contributed by atoms with Gasteiger partial charge in [0, 0.05) is 23.4 Å². The summed E-state index contributed by atoms with van der Waals surface area (Å²) in [6, 6.07) is 27.2. The minimum atomic E-state index is 0.141. The lowest BCUT2D eigenvalue weighted by Gasteiger charge is -2.16. The maximum absolute atomic E-state index is 9.43. The van der Waals surface area contributed by atoms with Crippen molar-refractivity contribution < 1.29 is 5.11 Å². The van der Waals surface area contributed by atoms with Crippen LogP contribution in [0, 0.1) is 0 Å². The lowest BCUT2D eigenvalue weighted by molar-refractivity contribution is 0.300. The normalized spacial score (nSPS) is 11.0. The number of fused-ring (bicyclic) bond motifs is 3. The van der Waals surface area contributed by atoms with Crippen LogP contribution in [0.2, 0.25) is 0 Å². The van der Waals surface area contributed by atoms with Crippen molar-refractivity contribution >= 4 is 32.9 Å². The molecule has 4 rings (SSSR count). The van der Waals surface area contributed by atoms with Gasteiger partial charge in [0.2, 0.25) is 0 Å². The molecule has 0 aromatic heterocycles. The summed E-state index contributed by atoms with van der Waals surface area (Å²) >= 11 is 0. The Labute approximate surface area is 141 Å². The van der Waals surface area contributed by atoms with Gasteiger partial charge >= 0.3 is 0 Å². The first-order valence-electron chi connectivity index (χ1n) is 8.23. The van der Waals surface area contributed by atoms with E-state index in [0.717, 1.165) is 16.9 Å². The number of aliphatic hydroxyl groups excluding tert-OH is 1. The maximum atomic E-state index is 9.43. The second kappa shape index (κ2) is 6.34. The summed E-state index contributed by atoms with van der Waals surface area (Å²) in [5.74, 6) is 0. The van der Waals surface area contributed by atoms with Crippen molar-refractivity contribution in [1.82, 2.24) is 0 Å². The molecule has 0 spiro atoms. The molecule has 0 saturated carbocycles. The molecule has 118 valence electrons. The molecule has 0 saturated heterocycles. The summed E-state index contributed by atoms with van der Waals surface area (Å²) in [6.45, 7) is 0.141. The van der Waals surface area contributed by atoms with E-state index in [9.17, 15) is 5.11 Å². The highest BCUT2D eigenvalue weighted by atomic mass is 16.2. The zero-order valence-electron chi connectivity index (χ0n) is 13.4. The third-order valence-corrected chi connectivity index (χ3v) is 4.44. The van der Waals surface area contributed by atoms with Gasteiger partial charge in [0.1, 0.15) is 0 Å². The minimum Gasteiger partial charge on any atom is -0.396 e. The van der Waals surface area contributed by atoms with Crippen LogP contribution < -0.4 is 5.32 Å². The van der Waals surface area contributed by atoms with Crippen molar-refractivity contribution in [3.05, 3.63) is 84.4 Å². The summed E-state index contributed by atoms with van der Waals surface area (Å²) < 4.78 is 0. The number of hydrogen-bond donors (Lipinski definition) is 2. The van der Waals surface area contributed by atoms with Gasteiger partial charge in [0.25, 0.3) is 0 Å². The number of benzene rings is 4. The van der Waals surface area contributed by atoms with Crippen LogP contribution in [0.25, 0.3) is 21.5 Å². The van der Waals surface area contributed by atoms with E-state index in [0.29, 0.717) is 6.42 Å². The Morgan fingerprint density at radius 3 is 2.25 bits per heavy atom. The molecular formula is C22H19NO. The summed E-state index contributed by atoms with van der Waals surface area (Å²) in [6.07, 6.45) is 0.637. The molecule has 4 aromatic carbocycles. The smallest absolute Gasteiger partial charge is 0.0497 e. The molecule has 0 heterocycles. The third-order valence-electron chi connectivity index (χ3n) is 4.44. The molecule has 0 unspecified atom stereocenters. The van der Waals surface area contributed by atoms with E-state index in [1.54, 1.807) is 0 Å². The second-order valence-electron chi connectivity index (χ2n) is 5.95. The Hall–Kier alpha value is -2.84. The molecule has 2 heteroatoms. The fourth-order valence-electron chi connectivity index (χ4n) is 3.28. The van der Waals surface area contributed by atoms with Gasteiger partial charge < -0.3 is 10.4 Å². The molecule has 0 radical (unpaired) electrons. The Morgan fingerprint density at radius 1 is 0.667 bits per heavy atom. The van der Waals surface area contributed by atoms with Gasteiger partial charge in [-0.15, -0.1) is 0 Å². The highest BCUT2D eigenvalue weighted by Gasteiger charge is 2.10. The Balaban J connectivity index is 1.96. The van der Waals surface area contributed by atoms with Crippen LogP contribution in [0.3, 0.4) is 0 Å². The van der Waals surface area contributed by atoms with Gasteiger partial charge in [-0.25, -0.2) is 0 Å². The zero-order chi connectivity index (χ0) is 16.4. The number of para-hydroxylation sites is 1. The van der Waals surface area contributed by atoms with Gasteiger partial charge in [0.15, 0.2) is 0 Å². The summed E-state index contributed by atoms with van der Waals surface area (Å²) in [5, 5.41) is 17.9. The largest absolute Gasteiger partial charge is 0.396 e. The number of hydrogen-bond acceptors (Lipinski definition) is 2. The van der Waals surface area contributed by atoms with Crippen LogP contribution in [-0.2, 0) is 6.42 Å². The fourth-order valence-corrected chi connectivity index (χ4v) is 3.28. The zero-order valence-corrected chi connectivity index (χ0v) is 13.4. The molecule has 0 aliphatic carbocycles. The Kier molecular flexibility index (Phi) is 3.89. The van der Waals surface area contributed by atoms with E-state index >= 15 is 0 Å². The number of nitrogens with one attached hydrogen (secondary N) is 1. The van der Waals surface area contributed by atoms with Gasteiger partial charge in [0.05, 0.1) is 0 Å². The Morgan fingerprint density at radius 2 is 1.42 bits per heavy atom. The SMILES string of the molecule is OCCc1ccc2c(ccc3ccccc32)c1Nc1ccccc1. The molecule has 4 aromatic rings. The molecule has 0 fully saturated rings. The second-order valence-corrected chi connectivity index (χ2v) is 5.95. The van der Waals surface area contributed by atoms with Gasteiger partial charge in [-0.1, -0.05) is 66.7 Å². The van der Waals surface area contributed by atoms with Gasteiger partial charge in [-0.05, 0) is 40.3 Å². The first-order valence-corrected chi connectivity index (χ1v) is 8.23. The van der Waals surface area contributed by atoms with Crippen molar-refractivity contribution in [2.24, 2.45) is 0 Å². The average molecular weight is 313 g/mol. The lowest BCUT2D eigenvalue weighted by atomic mass is 9.97. The lowest BCUT2D eigenvalue weighted by Crippen LogP contribution is -2.00. The van der Waals surface area contributed by atoms with Crippen molar-refractivity contribution in [3.63, 3.8) is 0 Å². The molecule has 0 aliphatic heterocycles. The van der Waals surface area contributed by atoms with Crippen LogP contribution in [-0.4, -0.2) is 11.7 Å². The predicted molar refractivity (Wildman–Crippen MR) is 102 cm³/mol. The highest BCUT2D eigenvalue weighted by Crippen LogP contribution is 2.34. The molecule has 0 aliphatic rings. The van der Waals surface area contributed by atoms with Crippen molar-refractivity contribution in [1.29, 1.82) is 0 Å². The fraction of sp³-hybridized carbons (Fsp3) is 0.0909. The molecule has 2 nitrogen and oxygen atoms in total. The van der Waals surface area contributed by atoms with E-state index in [2.05, 4.69) is 66.0 Å². The Bertz CT molecular complexity index is 993. The standard InChI is InChI=1S/C22H19NO/c24-15-14-17-11-12-20-19-9-5-4-6-16(19)10-13-21(20)22(17)23-18-7-2-1-3-8-18/h1-13,23-24H,14-15H2. The third kappa shape index (κ3) is 2.61. The van der Waals surface area contributed by atoms with E-state index in [-0.39, 0.29) is 6.61 Å². The minimum absolute atomic E-state index is 0.141. The van der Waals surface area contributed by atoms with Crippen molar-refractivity contribution in [2.45, 2.75) is 6.42 Å². The average Bonchev–Trinajstić information content (AvgIpc) is 2.64. The van der Waals surface area contributed by atoms with Gasteiger partial charge in [-0.2, -0.15) is 0 Å². The van der Waals surface area contributed by atoms with E-state index in [1.807, 2.05) is 18.2 Å². The summed E-state index contributed by atoms with van der Waals surface area (Å²) in [5.41, 5.74) is 3.26. The van der Waals surface area contributed by atoms with Crippen molar-refractivity contribution in [3.8, 4) is 0 Å². The number of rotatable bonds is 4. The molecule has 24 heavy (non-hydrogen) atoms. The van der Waals surface area contributed by atoms with Crippen LogP contribution >= 0.6 is 0 Å². The van der Waals surface area contributed by atoms with Crippen LogP contribution in [0.15, 0.2) is 78.9 Å². The monoisotopic (exact) mass is 313 g/mol. The van der Waals surface area contributed by atoms with E-state index in [1.165, 1.54) is 21.5 Å². The first-order chi connectivity index (χ1) is 11.9. The highest BCUT2D eigenvalue weighted by molar-refractivity contribution is 6.12. The van der Waals surface area contributed by atoms with Crippen LogP contribution in [0.5, 0.6) is 0 Å². The molecular weight excluding hydrogens is 294 g/mol. The molecule has 2 N–H and O–H groups in total. The van der Waals surface area contributed by atoms with E-state index < -0.39 is 0 Å². The summed E-state index contributed by atoms with van der Waals surface area (Å²) in [7, 11) is 0. The van der Waals surface area contributed by atoms with Crippen LogP contribution in [0.4, 0.5) is 11.4 Å². The molecule has 0 atom stereocenters. The van der Waals surface area contributed by atoms with Crippen molar-refractivity contribution in [2.75, 3.05) is 11.9 Å². The van der Waals surface area contributed by atoms with Gasteiger partial charge in [-0.3, -0.25) is 0 Å². The quantitative estimate of drug-likeness (QED) is 0.503. The topological polar surface area (TPSA) is 32.3 Å². The summed E-state index contributed by atoms with van der Waals surface area (Å²) in [4.78, 5) is 0. The number of aliphatic hydroxyl groups is 1.